The van der Waals surface area contributed by atoms with Gasteiger partial charge in [-0.2, -0.15) is 0 Å². The summed E-state index contributed by atoms with van der Waals surface area (Å²) in [6.07, 6.45) is 0. The highest BCUT2D eigenvalue weighted by molar-refractivity contribution is 5.85. The number of phenols is 1. The number of aromatic hydroxyl groups is 1. The van der Waals surface area contributed by atoms with Crippen molar-refractivity contribution < 1.29 is 5.11 Å². The number of halogens is 1. The van der Waals surface area contributed by atoms with Crippen LogP contribution < -0.4 is 5.32 Å². The van der Waals surface area contributed by atoms with Crippen molar-refractivity contribution in [2.24, 2.45) is 0 Å². The van der Waals surface area contributed by atoms with Crippen LogP contribution in [0.5, 0.6) is 5.75 Å². The minimum Gasteiger partial charge on any atom is -0.508 e. The van der Waals surface area contributed by atoms with Crippen LogP contribution in [-0.2, 0) is 6.54 Å². The third kappa shape index (κ3) is 3.37. The highest BCUT2D eigenvalue weighted by Gasteiger charge is 2.17. The molecule has 1 saturated heterocycles. The van der Waals surface area contributed by atoms with Crippen molar-refractivity contribution in [1.29, 1.82) is 0 Å². The quantitative estimate of drug-likeness (QED) is 0.827. The van der Waals surface area contributed by atoms with Crippen molar-refractivity contribution in [3.8, 4) is 5.75 Å². The summed E-state index contributed by atoms with van der Waals surface area (Å²) in [4.78, 5) is 2.44. The number of nitrogens with zero attached hydrogens (tertiary/aromatic N) is 1. The first kappa shape index (κ1) is 13.3. The monoisotopic (exact) mass is 242 g/mol. The van der Waals surface area contributed by atoms with Gasteiger partial charge < -0.3 is 10.4 Å². The molecule has 0 aliphatic carbocycles. The van der Waals surface area contributed by atoms with E-state index >= 15 is 0 Å². The van der Waals surface area contributed by atoms with Gasteiger partial charge in [0, 0.05) is 32.2 Å². The van der Waals surface area contributed by atoms with Crippen LogP contribution in [0, 0.1) is 0 Å². The second kappa shape index (κ2) is 6.09. The van der Waals surface area contributed by atoms with Gasteiger partial charge in [-0.15, -0.1) is 12.4 Å². The molecule has 1 aromatic carbocycles. The fraction of sp³-hybridized carbons (Fsp3) is 0.500. The van der Waals surface area contributed by atoms with Crippen molar-refractivity contribution in [2.75, 3.05) is 19.6 Å². The molecule has 0 radical (unpaired) electrons. The highest BCUT2D eigenvalue weighted by Crippen LogP contribution is 2.14. The third-order valence-electron chi connectivity index (χ3n) is 2.94. The van der Waals surface area contributed by atoms with Crippen LogP contribution in [0.15, 0.2) is 24.3 Å². The van der Waals surface area contributed by atoms with E-state index in [2.05, 4.69) is 23.2 Å². The molecular formula is C12H19ClN2O. The Morgan fingerprint density at radius 3 is 3.00 bits per heavy atom. The number of hydrogen-bond donors (Lipinski definition) is 2. The summed E-state index contributed by atoms with van der Waals surface area (Å²) in [6.45, 7) is 6.35. The number of nitrogens with one attached hydrogen (secondary N) is 1. The van der Waals surface area contributed by atoms with Crippen molar-refractivity contribution in [1.82, 2.24) is 10.2 Å². The van der Waals surface area contributed by atoms with Crippen LogP contribution in [0.1, 0.15) is 12.5 Å². The summed E-state index contributed by atoms with van der Waals surface area (Å²) in [5, 5.41) is 12.7. The Kier molecular flexibility index (Phi) is 5.06. The molecule has 0 spiro atoms. The maximum absolute atomic E-state index is 9.38. The maximum atomic E-state index is 9.38. The molecule has 1 unspecified atom stereocenters. The molecule has 1 atom stereocenters. The van der Waals surface area contributed by atoms with Gasteiger partial charge in [-0.3, -0.25) is 4.90 Å². The molecule has 1 fully saturated rings. The van der Waals surface area contributed by atoms with Crippen molar-refractivity contribution in [2.45, 2.75) is 19.5 Å². The maximum Gasteiger partial charge on any atom is 0.115 e. The van der Waals surface area contributed by atoms with E-state index in [1.807, 2.05) is 12.1 Å². The Balaban J connectivity index is 0.00000128. The van der Waals surface area contributed by atoms with E-state index in [1.165, 1.54) is 5.56 Å². The summed E-state index contributed by atoms with van der Waals surface area (Å²) in [6, 6.07) is 8.09. The van der Waals surface area contributed by atoms with Gasteiger partial charge in [-0.05, 0) is 24.6 Å². The van der Waals surface area contributed by atoms with E-state index in [9.17, 15) is 5.11 Å². The Morgan fingerprint density at radius 1 is 1.50 bits per heavy atom. The van der Waals surface area contributed by atoms with E-state index in [0.717, 1.165) is 26.2 Å². The van der Waals surface area contributed by atoms with Gasteiger partial charge >= 0.3 is 0 Å². The summed E-state index contributed by atoms with van der Waals surface area (Å²) >= 11 is 0. The third-order valence-corrected chi connectivity index (χ3v) is 2.94. The lowest BCUT2D eigenvalue weighted by Gasteiger charge is -2.33. The number of phenolic OH excluding ortho intramolecular Hbond substituents is 1. The molecule has 4 heteroatoms. The Bertz CT molecular complexity index is 333. The zero-order valence-corrected chi connectivity index (χ0v) is 10.3. The molecule has 1 heterocycles. The molecule has 3 nitrogen and oxygen atoms in total. The minimum absolute atomic E-state index is 0. The fourth-order valence-corrected chi connectivity index (χ4v) is 2.01. The number of rotatable bonds is 2. The lowest BCUT2D eigenvalue weighted by atomic mass is 10.1. The Morgan fingerprint density at radius 2 is 2.31 bits per heavy atom. The van der Waals surface area contributed by atoms with Crippen LogP contribution in [-0.4, -0.2) is 35.7 Å². The molecule has 0 bridgehead atoms. The largest absolute Gasteiger partial charge is 0.508 e. The van der Waals surface area contributed by atoms with E-state index in [-0.39, 0.29) is 12.4 Å². The number of piperazine rings is 1. The zero-order chi connectivity index (χ0) is 10.7. The first-order chi connectivity index (χ1) is 7.25. The summed E-state index contributed by atoms with van der Waals surface area (Å²) < 4.78 is 0. The second-order valence-corrected chi connectivity index (χ2v) is 4.19. The molecule has 16 heavy (non-hydrogen) atoms. The molecule has 1 aromatic rings. The smallest absolute Gasteiger partial charge is 0.115 e. The van der Waals surface area contributed by atoms with Crippen LogP contribution in [0.3, 0.4) is 0 Å². The van der Waals surface area contributed by atoms with E-state index in [4.69, 9.17) is 0 Å². The summed E-state index contributed by atoms with van der Waals surface area (Å²) in [5.74, 6) is 0.357. The van der Waals surface area contributed by atoms with E-state index < -0.39 is 0 Å². The lowest BCUT2D eigenvalue weighted by Crippen LogP contribution is -2.49. The van der Waals surface area contributed by atoms with Gasteiger partial charge in [-0.25, -0.2) is 0 Å². The normalized spacial score (nSPS) is 21.4. The SMILES string of the molecule is CC1CNCCN1Cc1cccc(O)c1.Cl. The molecule has 0 aromatic heterocycles. The predicted octanol–water partition coefficient (Wildman–Crippen LogP) is 1.61. The predicted molar refractivity (Wildman–Crippen MR) is 68.1 cm³/mol. The van der Waals surface area contributed by atoms with E-state index in [1.54, 1.807) is 6.07 Å². The molecule has 90 valence electrons. The van der Waals surface area contributed by atoms with Crippen LogP contribution in [0.25, 0.3) is 0 Å². The molecule has 0 amide bonds. The van der Waals surface area contributed by atoms with Crippen molar-refractivity contribution >= 4 is 12.4 Å². The Labute approximate surface area is 103 Å². The summed E-state index contributed by atoms with van der Waals surface area (Å²) in [5.41, 5.74) is 1.18. The topological polar surface area (TPSA) is 35.5 Å². The average Bonchev–Trinajstić information content (AvgIpc) is 2.22. The standard InChI is InChI=1S/C12H18N2O.ClH/c1-10-8-13-5-6-14(10)9-11-3-2-4-12(15)7-11;/h2-4,7,10,13,15H,5-6,8-9H2,1H3;1H. The molecular weight excluding hydrogens is 224 g/mol. The van der Waals surface area contributed by atoms with Gasteiger partial charge in [-0.1, -0.05) is 12.1 Å². The van der Waals surface area contributed by atoms with Crippen LogP contribution in [0.2, 0.25) is 0 Å². The fourth-order valence-electron chi connectivity index (χ4n) is 2.01. The molecule has 1 aliphatic heterocycles. The van der Waals surface area contributed by atoms with Gasteiger partial charge in [0.2, 0.25) is 0 Å². The molecule has 1 aliphatic rings. The first-order valence-electron chi connectivity index (χ1n) is 5.48. The van der Waals surface area contributed by atoms with Crippen LogP contribution >= 0.6 is 12.4 Å². The second-order valence-electron chi connectivity index (χ2n) is 4.19. The number of hydrogen-bond acceptors (Lipinski definition) is 3. The first-order valence-corrected chi connectivity index (χ1v) is 5.48. The lowest BCUT2D eigenvalue weighted by molar-refractivity contribution is 0.165. The average molecular weight is 243 g/mol. The Hall–Kier alpha value is -0.770. The summed E-state index contributed by atoms with van der Waals surface area (Å²) in [7, 11) is 0. The zero-order valence-electron chi connectivity index (χ0n) is 9.52. The molecule has 2 N–H and O–H groups in total. The van der Waals surface area contributed by atoms with E-state index in [0.29, 0.717) is 11.8 Å². The molecule has 0 saturated carbocycles. The minimum atomic E-state index is 0. The van der Waals surface area contributed by atoms with Gasteiger partial charge in [0.1, 0.15) is 5.75 Å². The molecule has 2 rings (SSSR count). The van der Waals surface area contributed by atoms with Crippen LogP contribution in [0.4, 0.5) is 0 Å². The van der Waals surface area contributed by atoms with Gasteiger partial charge in [0.15, 0.2) is 0 Å². The van der Waals surface area contributed by atoms with Crippen molar-refractivity contribution in [3.05, 3.63) is 29.8 Å². The van der Waals surface area contributed by atoms with Gasteiger partial charge in [0.05, 0.1) is 0 Å². The van der Waals surface area contributed by atoms with Crippen molar-refractivity contribution in [3.63, 3.8) is 0 Å². The number of benzene rings is 1. The van der Waals surface area contributed by atoms with Gasteiger partial charge in [0.25, 0.3) is 0 Å². The highest BCUT2D eigenvalue weighted by atomic mass is 35.5.